The number of thiol groups is 2. The number of aromatic carboxylic acids is 1. The maximum atomic E-state index is 12.5. The zero-order chi connectivity index (χ0) is 97.4. The highest BCUT2D eigenvalue weighted by Crippen LogP contribution is 2.43. The molecule has 8 aromatic carbocycles. The molecule has 0 unspecified atom stereocenters. The van der Waals surface area contributed by atoms with E-state index in [2.05, 4.69) is 57.3 Å². The Bertz CT molecular complexity index is 6360. The van der Waals surface area contributed by atoms with Crippen LogP contribution in [0.3, 0.4) is 0 Å². The number of carbonyl (C=O) groups is 10. The predicted octanol–water partition coefficient (Wildman–Crippen LogP) is 8.43. The maximum absolute atomic E-state index is 12.5. The van der Waals surface area contributed by atoms with Crippen molar-refractivity contribution in [2.75, 3.05) is 79.0 Å². The summed E-state index contributed by atoms with van der Waals surface area (Å²) < 4.78 is 66.2. The van der Waals surface area contributed by atoms with Crippen molar-refractivity contribution >= 4 is 134 Å². The number of carboxylic acids is 1. The number of carbonyl (C=O) groups excluding carboxylic acids is 9. The molecule has 4 spiro atoms. The van der Waals surface area contributed by atoms with Gasteiger partial charge in [0.15, 0.2) is 95.7 Å². The van der Waals surface area contributed by atoms with Crippen molar-refractivity contribution in [2.24, 2.45) is 16.0 Å². The van der Waals surface area contributed by atoms with E-state index >= 15 is 0 Å². The minimum atomic E-state index is -1.11. The molecule has 17 aliphatic rings. The molecule has 0 bridgehead atoms. The van der Waals surface area contributed by atoms with E-state index < -0.39 is 77.5 Å². The average molecular weight is 1930 g/mol. The number of rotatable bonds is 8. The number of fused-ring (bicyclic) bond motifs is 8. The summed E-state index contributed by atoms with van der Waals surface area (Å²) in [7, 11) is 3.12. The Morgan fingerprint density at radius 3 is 0.835 bits per heavy atom. The smallest absolute Gasteiger partial charge is 0.478 e. The lowest BCUT2D eigenvalue weighted by Gasteiger charge is -2.26. The summed E-state index contributed by atoms with van der Waals surface area (Å²) in [5.41, 5.74) is 12.7. The number of hydrogen-bond acceptors (Lipinski definition) is 26. The van der Waals surface area contributed by atoms with Crippen LogP contribution in [0.4, 0.5) is 0 Å². The fraction of sp³-hybridized carbons (Fsp3) is 0.340. The van der Waals surface area contributed by atoms with Crippen molar-refractivity contribution in [3.8, 4) is 46.0 Å². The zero-order valence-corrected chi connectivity index (χ0v) is 78.5. The van der Waals surface area contributed by atoms with Gasteiger partial charge < -0.3 is 63.7 Å². The molecule has 9 fully saturated rings. The highest BCUT2D eigenvalue weighted by molar-refractivity contribution is 7.79. The summed E-state index contributed by atoms with van der Waals surface area (Å²) in [6.45, 7) is 5.77. The van der Waals surface area contributed by atoms with Crippen LogP contribution in [0.5, 0.6) is 46.0 Å². The van der Waals surface area contributed by atoms with Gasteiger partial charge in [-0.3, -0.25) is 38.8 Å². The first-order chi connectivity index (χ1) is 67.6. The second-order valence-corrected chi connectivity index (χ2v) is 34.0. The van der Waals surface area contributed by atoms with Crippen LogP contribution < -0.4 is 48.9 Å². The molecular formula is C100H105N15O22S2+8. The molecule has 15 heterocycles. The second kappa shape index (κ2) is 41.1. The van der Waals surface area contributed by atoms with Gasteiger partial charge in [0.1, 0.15) is 0 Å². The molecule has 139 heavy (non-hydrogen) atoms. The lowest BCUT2D eigenvalue weighted by molar-refractivity contribution is -0.855. The maximum Gasteiger partial charge on any atom is 0.704 e. The predicted molar refractivity (Wildman–Crippen MR) is 505 cm³/mol. The fourth-order valence-electron chi connectivity index (χ4n) is 18.4. The van der Waals surface area contributed by atoms with Gasteiger partial charge in [-0.25, -0.2) is 14.4 Å². The fourth-order valence-corrected chi connectivity index (χ4v) is 18.4. The van der Waals surface area contributed by atoms with E-state index in [0.717, 1.165) is 82.6 Å². The molecule has 15 aliphatic heterocycles. The van der Waals surface area contributed by atoms with Crippen molar-refractivity contribution in [3.05, 3.63) is 237 Å². The van der Waals surface area contributed by atoms with Crippen LogP contribution in [0.15, 0.2) is 180 Å². The third kappa shape index (κ3) is 19.1. The second-order valence-electron chi connectivity index (χ2n) is 34.0. The third-order valence-electron chi connectivity index (χ3n) is 25.4. The average Bonchev–Trinajstić information content (AvgIpc) is 1.61. The number of nitrogens with zero attached hydrogens (tertiary/aromatic N) is 13. The van der Waals surface area contributed by atoms with Crippen LogP contribution in [0.1, 0.15) is 189 Å². The van der Waals surface area contributed by atoms with Gasteiger partial charge in [-0.2, -0.15) is 40.5 Å². The molecular weight excluding hydrogens is 1830 g/mol. The molecule has 716 valence electrons. The number of azo groups is 1. The molecule has 7 saturated heterocycles. The normalized spacial score (nSPS) is 22.1. The van der Waals surface area contributed by atoms with Crippen LogP contribution in [-0.4, -0.2) is 286 Å². The number of para-hydroxylation sites is 4. The number of carboxylic acid groups (broad SMARTS) is 1. The summed E-state index contributed by atoms with van der Waals surface area (Å²) in [4.78, 5) is 125. The Morgan fingerprint density at radius 2 is 0.576 bits per heavy atom. The third-order valence-corrected chi connectivity index (χ3v) is 25.4. The molecule has 2 saturated carbocycles. The number of ether oxygens (including phenoxy) is 8. The molecule has 7 amide bonds. The van der Waals surface area contributed by atoms with Gasteiger partial charge in [0.05, 0.1) is 73.3 Å². The number of amides is 7. The molecule has 25 rings (SSSR count). The SMILES string of the molecule is C1CCC(N=NC2CCCCC2)CC1.CN.CNC(=O)c1ccc2c(c1)C=[N+]1CC[N+]3=Cc4ccccc4O[C@@]31O2.CS.CS.O=C(O)c1ccc2c(c1)C=[N+]1CC[N+]3=Cc4ccccc4O[C@@]31O2.O=C(ON1C(=O)CCC1=O)c1ccc2c(c1)C=[N+]1CC[N+]3=Cc4ccccc4O[C@@]31O2.O=C(ON1C(=O)CCC1=O)c1ccc2c(c1)C=[N+]1CC[N+]3=Cc4ccccc4O[C@@]31O2.O=C1CCC(=O)N1O. The number of benzene rings is 8. The largest absolute Gasteiger partial charge is 0.704 e. The minimum Gasteiger partial charge on any atom is -0.478 e. The van der Waals surface area contributed by atoms with Crippen molar-refractivity contribution in [1.29, 1.82) is 0 Å². The van der Waals surface area contributed by atoms with E-state index in [-0.39, 0.29) is 66.2 Å². The van der Waals surface area contributed by atoms with Gasteiger partial charge >= 0.3 is 42.0 Å². The Hall–Kier alpha value is -15.0. The van der Waals surface area contributed by atoms with Crippen molar-refractivity contribution in [3.63, 3.8) is 0 Å². The molecule has 0 aromatic heterocycles. The van der Waals surface area contributed by atoms with Gasteiger partial charge in [0.25, 0.3) is 41.4 Å². The number of imide groups is 3. The lowest BCUT2D eigenvalue weighted by Crippen LogP contribution is -2.59. The molecule has 39 heteroatoms. The summed E-state index contributed by atoms with van der Waals surface area (Å²) in [6, 6.07) is 48.0. The number of hydrogen-bond donors (Lipinski definition) is 6. The standard InChI is InChI=1S/2C22H17N3O6.C19H16N3O3.C18H13N2O4.C12H22N2.C4H5NO3.CH5N.2CH4S/c2*26-19-7-8-20(27)25(19)31-21(28)14-5-6-18-16(11-14)13-24-10-9-23-12-15-3-1-2-4-17(15)29-22(23,24)30-18;1-20-18(23)13-6-7-17-15(10-13)12-22-9-8-21-11-14-4-2-3-5-16(14)24-19(21,22)25-17;21-17(22)12-5-6-16-14(9-12)11-20-8-7-19-10-13-3-1-2-4-15(13)23-18(19,20)24-16;1-3-7-11(8-4-1)13-14-12-9-5-2-6-10-12;6-3-1-2-4(7)5(3)8;3*1-2/h2*1-6,11-13H,7-10H2;2-7,10-12H,8-9H2,1H3;1-6,9-11H,7-8H2;11-12H,1-10H2;8H,1-2H2;2H2,1H3;2*2H,1H3/q2*+2;2*+1;;;;;/p+2/t2*22-;19-;18-;;;;;/m1111...../s1. The number of hydroxylamine groups is 6. The lowest BCUT2D eigenvalue weighted by atomic mass is 9.95. The van der Waals surface area contributed by atoms with E-state index in [1.807, 2.05) is 185 Å². The molecule has 4 atom stereocenters. The first-order valence-electron chi connectivity index (χ1n) is 46.0. The first-order valence-corrected chi connectivity index (χ1v) is 47.8. The van der Waals surface area contributed by atoms with Crippen LogP contribution in [-0.2, 0) is 38.4 Å². The Morgan fingerprint density at radius 1 is 0.345 bits per heavy atom. The molecule has 2 aliphatic carbocycles. The van der Waals surface area contributed by atoms with E-state index in [9.17, 15) is 47.9 Å². The highest BCUT2D eigenvalue weighted by atomic mass is 32.1. The van der Waals surface area contributed by atoms with Crippen molar-refractivity contribution < 1.29 is 142 Å². The van der Waals surface area contributed by atoms with Gasteiger partial charge in [-0.1, -0.05) is 124 Å². The first kappa shape index (κ1) is 95.8. The molecule has 0 radical (unpaired) electrons. The van der Waals surface area contributed by atoms with Crippen molar-refractivity contribution in [1.82, 2.24) is 20.5 Å². The van der Waals surface area contributed by atoms with Gasteiger partial charge in [-0.15, -0.1) is 10.1 Å². The van der Waals surface area contributed by atoms with E-state index in [4.69, 9.17) is 57.9 Å². The van der Waals surface area contributed by atoms with Crippen LogP contribution in [0.25, 0.3) is 0 Å². The summed E-state index contributed by atoms with van der Waals surface area (Å²) >= 11 is 7.06. The van der Waals surface area contributed by atoms with E-state index in [0.29, 0.717) is 88.1 Å². The Kier molecular flexibility index (Phi) is 28.3. The van der Waals surface area contributed by atoms with E-state index in [1.54, 1.807) is 68.1 Å². The zero-order valence-electron chi connectivity index (χ0n) is 76.8. The molecule has 5 N–H and O–H groups in total. The van der Waals surface area contributed by atoms with Crippen LogP contribution in [0, 0.1) is 0 Å². The Labute approximate surface area is 809 Å². The van der Waals surface area contributed by atoms with Crippen LogP contribution in [0.2, 0.25) is 0 Å². The van der Waals surface area contributed by atoms with Gasteiger partial charge in [0, 0.05) is 51.1 Å². The number of nitrogens with one attached hydrogen (secondary N) is 1. The summed E-state index contributed by atoms with van der Waals surface area (Å²) in [5, 5.41) is 30.5. The molecule has 8 aromatic rings. The molecule has 37 nitrogen and oxygen atoms in total. The van der Waals surface area contributed by atoms with Crippen molar-refractivity contribution in [2.45, 2.75) is 139 Å². The van der Waals surface area contributed by atoms with Gasteiger partial charge in [0.2, 0.25) is 52.4 Å². The summed E-state index contributed by atoms with van der Waals surface area (Å²) in [5.74, 6) is -0.305. The summed E-state index contributed by atoms with van der Waals surface area (Å²) in [6.07, 6.45) is 33.2. The topological polar surface area (TPSA) is 400 Å². The van der Waals surface area contributed by atoms with Crippen LogP contribution >= 0.6 is 25.3 Å². The monoisotopic (exact) mass is 1930 g/mol. The quantitative estimate of drug-likeness (QED) is 0.0273. The highest BCUT2D eigenvalue weighted by Gasteiger charge is 2.72. The number of nitrogens with two attached hydrogens (primary N) is 1. The Balaban J connectivity index is 0.000000118. The van der Waals surface area contributed by atoms with E-state index in [1.165, 1.54) is 83.4 Å². The minimum absolute atomic E-state index is 0.0472. The van der Waals surface area contributed by atoms with Gasteiger partial charge in [-0.05, 0) is 167 Å².